The van der Waals surface area contributed by atoms with Crippen molar-refractivity contribution < 1.29 is 9.53 Å². The molecule has 1 aliphatic heterocycles. The summed E-state index contributed by atoms with van der Waals surface area (Å²) in [6.07, 6.45) is 0. The minimum absolute atomic E-state index is 0.0735. The van der Waals surface area contributed by atoms with Gasteiger partial charge in [0.05, 0.1) is 18.4 Å². The molecule has 0 N–H and O–H groups in total. The van der Waals surface area contributed by atoms with E-state index in [0.717, 1.165) is 17.1 Å². The lowest BCUT2D eigenvalue weighted by Crippen LogP contribution is -2.49. The number of halogens is 1. The van der Waals surface area contributed by atoms with Gasteiger partial charge in [-0.3, -0.25) is 4.79 Å². The Morgan fingerprint density at radius 2 is 1.62 bits per heavy atom. The summed E-state index contributed by atoms with van der Waals surface area (Å²) in [6, 6.07) is 13.5. The monoisotopic (exact) mass is 450 g/mol. The molecule has 1 aliphatic rings. The number of benzene rings is 2. The molecule has 1 aromatic heterocycles. The molecule has 6 nitrogen and oxygen atoms in total. The number of amides is 1. The number of carbonyl (C=O) groups excluding carboxylic acids is 1. The minimum Gasteiger partial charge on any atom is -0.496 e. The molecule has 3 aromatic rings. The van der Waals surface area contributed by atoms with Crippen LogP contribution < -0.4 is 9.64 Å². The molecule has 1 fully saturated rings. The molecule has 0 radical (unpaired) electrons. The van der Waals surface area contributed by atoms with Crippen molar-refractivity contribution in [2.75, 3.05) is 38.2 Å². The Hall–Kier alpha value is -3.12. The number of aromatic nitrogens is 2. The van der Waals surface area contributed by atoms with Gasteiger partial charge in [0.2, 0.25) is 0 Å². The molecular formula is C25H27ClN4O2. The van der Waals surface area contributed by atoms with Crippen LogP contribution in [0.5, 0.6) is 5.75 Å². The highest BCUT2D eigenvalue weighted by Gasteiger charge is 2.25. The molecule has 0 spiro atoms. The van der Waals surface area contributed by atoms with E-state index in [9.17, 15) is 4.79 Å². The van der Waals surface area contributed by atoms with Crippen LogP contribution in [0, 0.1) is 20.8 Å². The second-order valence-corrected chi connectivity index (χ2v) is 8.59. The van der Waals surface area contributed by atoms with Crippen molar-refractivity contribution in [3.05, 3.63) is 69.7 Å². The van der Waals surface area contributed by atoms with Crippen molar-refractivity contribution in [3.8, 4) is 17.0 Å². The molecule has 32 heavy (non-hydrogen) atoms. The van der Waals surface area contributed by atoms with E-state index in [1.54, 1.807) is 25.3 Å². The first-order valence-corrected chi connectivity index (χ1v) is 11.0. The maximum Gasteiger partial charge on any atom is 0.257 e. The maximum atomic E-state index is 13.0. The molecule has 2 aromatic carbocycles. The third-order valence-electron chi connectivity index (χ3n) is 6.05. The van der Waals surface area contributed by atoms with Gasteiger partial charge in [0.1, 0.15) is 5.75 Å². The fraction of sp³-hybridized carbons (Fsp3) is 0.320. The second-order valence-electron chi connectivity index (χ2n) is 8.15. The molecule has 1 amide bonds. The number of rotatable bonds is 4. The summed E-state index contributed by atoms with van der Waals surface area (Å²) < 4.78 is 5.34. The molecule has 2 heterocycles. The molecule has 0 atom stereocenters. The predicted octanol–water partition coefficient (Wildman–Crippen LogP) is 4.69. The number of ether oxygens (including phenoxy) is 1. The van der Waals surface area contributed by atoms with Gasteiger partial charge in [0.25, 0.3) is 5.91 Å². The quantitative estimate of drug-likeness (QED) is 0.577. The van der Waals surface area contributed by atoms with Crippen LogP contribution in [-0.2, 0) is 0 Å². The maximum absolute atomic E-state index is 13.0. The fourth-order valence-electron chi connectivity index (χ4n) is 4.03. The first kappa shape index (κ1) is 22.1. The third-order valence-corrected chi connectivity index (χ3v) is 6.29. The van der Waals surface area contributed by atoms with Gasteiger partial charge in [-0.25, -0.2) is 0 Å². The van der Waals surface area contributed by atoms with E-state index >= 15 is 0 Å². The number of hydrogen-bond donors (Lipinski definition) is 0. The standard InChI is InChI=1S/C25H27ClN4O2/c1-16-13-18(3)20(14-17(16)2)22-6-8-24(28-27-22)29-9-11-30(12-10-29)25(31)21-15-19(26)5-7-23(21)32-4/h5-8,13-15H,9-12H2,1-4H3. The van der Waals surface area contributed by atoms with Gasteiger partial charge in [-0.1, -0.05) is 17.7 Å². The van der Waals surface area contributed by atoms with Gasteiger partial charge in [0.15, 0.2) is 5.82 Å². The van der Waals surface area contributed by atoms with E-state index < -0.39 is 0 Å². The van der Waals surface area contributed by atoms with Crippen molar-refractivity contribution in [3.63, 3.8) is 0 Å². The third kappa shape index (κ3) is 4.41. The Kier molecular flexibility index (Phi) is 6.33. The number of carbonyl (C=O) groups is 1. The Morgan fingerprint density at radius 1 is 0.906 bits per heavy atom. The fourth-order valence-corrected chi connectivity index (χ4v) is 4.20. The lowest BCUT2D eigenvalue weighted by atomic mass is 9.99. The average molecular weight is 451 g/mol. The highest BCUT2D eigenvalue weighted by molar-refractivity contribution is 6.31. The molecule has 4 rings (SSSR count). The van der Waals surface area contributed by atoms with Gasteiger partial charge >= 0.3 is 0 Å². The Bertz CT molecular complexity index is 1140. The molecule has 166 valence electrons. The van der Waals surface area contributed by atoms with E-state index in [1.807, 2.05) is 17.0 Å². The molecule has 0 saturated carbocycles. The SMILES string of the molecule is COc1ccc(Cl)cc1C(=O)N1CCN(c2ccc(-c3cc(C)c(C)cc3C)nn2)CC1. The van der Waals surface area contributed by atoms with Crippen LogP contribution in [0.15, 0.2) is 42.5 Å². The zero-order valence-corrected chi connectivity index (χ0v) is 19.6. The predicted molar refractivity (Wildman–Crippen MR) is 128 cm³/mol. The first-order chi connectivity index (χ1) is 15.4. The van der Waals surface area contributed by atoms with E-state index in [1.165, 1.54) is 16.7 Å². The van der Waals surface area contributed by atoms with Crippen LogP contribution in [0.25, 0.3) is 11.3 Å². The van der Waals surface area contributed by atoms with Crippen molar-refractivity contribution in [1.29, 1.82) is 0 Å². The number of hydrogen-bond acceptors (Lipinski definition) is 5. The van der Waals surface area contributed by atoms with Crippen LogP contribution in [0.2, 0.25) is 5.02 Å². The van der Waals surface area contributed by atoms with Crippen molar-refractivity contribution in [2.24, 2.45) is 0 Å². The van der Waals surface area contributed by atoms with Crippen LogP contribution in [-0.4, -0.2) is 54.3 Å². The van der Waals surface area contributed by atoms with Crippen molar-refractivity contribution >= 4 is 23.3 Å². The highest BCUT2D eigenvalue weighted by Crippen LogP contribution is 2.27. The zero-order chi connectivity index (χ0) is 22.8. The molecule has 0 unspecified atom stereocenters. The number of methoxy groups -OCH3 is 1. The van der Waals surface area contributed by atoms with E-state index in [0.29, 0.717) is 42.5 Å². The summed E-state index contributed by atoms with van der Waals surface area (Å²) >= 11 is 6.09. The van der Waals surface area contributed by atoms with E-state index in [2.05, 4.69) is 48.0 Å². The van der Waals surface area contributed by atoms with Crippen LogP contribution in [0.4, 0.5) is 5.82 Å². The molecular weight excluding hydrogens is 424 g/mol. The van der Waals surface area contributed by atoms with Gasteiger partial charge < -0.3 is 14.5 Å². The van der Waals surface area contributed by atoms with Crippen LogP contribution in [0.1, 0.15) is 27.0 Å². The smallest absolute Gasteiger partial charge is 0.257 e. The van der Waals surface area contributed by atoms with Gasteiger partial charge in [-0.2, -0.15) is 0 Å². The Morgan fingerprint density at radius 3 is 2.28 bits per heavy atom. The topological polar surface area (TPSA) is 58.6 Å². The number of anilines is 1. The summed E-state index contributed by atoms with van der Waals surface area (Å²) in [5.74, 6) is 1.28. The lowest BCUT2D eigenvalue weighted by molar-refractivity contribution is 0.0743. The summed E-state index contributed by atoms with van der Waals surface area (Å²) in [7, 11) is 1.56. The van der Waals surface area contributed by atoms with E-state index in [-0.39, 0.29) is 5.91 Å². The summed E-state index contributed by atoms with van der Waals surface area (Å²) in [5, 5.41) is 9.48. The highest BCUT2D eigenvalue weighted by atomic mass is 35.5. The Balaban J connectivity index is 1.44. The van der Waals surface area contributed by atoms with Crippen LogP contribution in [0.3, 0.4) is 0 Å². The minimum atomic E-state index is -0.0735. The average Bonchev–Trinajstić information content (AvgIpc) is 2.81. The van der Waals surface area contributed by atoms with Crippen LogP contribution >= 0.6 is 11.6 Å². The normalized spacial score (nSPS) is 13.9. The first-order valence-electron chi connectivity index (χ1n) is 10.7. The number of piperazine rings is 1. The van der Waals surface area contributed by atoms with Gasteiger partial charge in [-0.15, -0.1) is 10.2 Å². The number of aryl methyl sites for hydroxylation is 3. The second kappa shape index (κ2) is 9.17. The van der Waals surface area contributed by atoms with Gasteiger partial charge in [0, 0.05) is 36.8 Å². The summed E-state index contributed by atoms with van der Waals surface area (Å²) in [6.45, 7) is 8.88. The largest absolute Gasteiger partial charge is 0.496 e. The Labute approximate surface area is 193 Å². The molecule has 7 heteroatoms. The molecule has 1 saturated heterocycles. The lowest BCUT2D eigenvalue weighted by Gasteiger charge is -2.35. The summed E-state index contributed by atoms with van der Waals surface area (Å²) in [5.41, 5.74) is 6.18. The molecule has 0 aliphatic carbocycles. The van der Waals surface area contributed by atoms with Crippen molar-refractivity contribution in [2.45, 2.75) is 20.8 Å². The van der Waals surface area contributed by atoms with E-state index in [4.69, 9.17) is 16.3 Å². The molecule has 0 bridgehead atoms. The summed E-state index contributed by atoms with van der Waals surface area (Å²) in [4.78, 5) is 17.0. The number of nitrogens with zero attached hydrogens (tertiary/aromatic N) is 4. The van der Waals surface area contributed by atoms with Gasteiger partial charge in [-0.05, 0) is 73.9 Å². The van der Waals surface area contributed by atoms with Crippen molar-refractivity contribution in [1.82, 2.24) is 15.1 Å². The zero-order valence-electron chi connectivity index (χ0n) is 18.9.